The molecule has 120 valence electrons. The van der Waals surface area contributed by atoms with Gasteiger partial charge in [0.25, 0.3) is 0 Å². The summed E-state index contributed by atoms with van der Waals surface area (Å²) in [5.41, 5.74) is 6.55. The van der Waals surface area contributed by atoms with Crippen LogP contribution >= 0.6 is 0 Å². The fourth-order valence-corrected chi connectivity index (χ4v) is 2.24. The zero-order valence-electron chi connectivity index (χ0n) is 12.4. The molecule has 0 spiro atoms. The Hall–Kier alpha value is -2.89. The zero-order chi connectivity index (χ0) is 16.8. The highest BCUT2D eigenvalue weighted by Crippen LogP contribution is 2.23. The topological polar surface area (TPSA) is 92.4 Å². The molecule has 0 aromatic heterocycles. The average molecular weight is 316 g/mol. The van der Waals surface area contributed by atoms with Gasteiger partial charge < -0.3 is 16.2 Å². The quantitative estimate of drug-likeness (QED) is 0.715. The molecule has 0 saturated carbocycles. The molecule has 0 radical (unpaired) electrons. The molecule has 0 heterocycles. The first-order valence-corrected chi connectivity index (χ1v) is 7.13. The summed E-state index contributed by atoms with van der Waals surface area (Å²) in [7, 11) is 0. The van der Waals surface area contributed by atoms with E-state index in [2.05, 4.69) is 5.32 Å². The fraction of sp³-hybridized carbons (Fsp3) is 0.176. The smallest absolute Gasteiger partial charge is 0.248 e. The molecule has 6 heteroatoms. The van der Waals surface area contributed by atoms with Crippen molar-refractivity contribution >= 4 is 17.5 Å². The molecular formula is C17H17FN2O3. The minimum absolute atomic E-state index is 0.0348. The summed E-state index contributed by atoms with van der Waals surface area (Å²) in [6.07, 6.45) is 1.18. The summed E-state index contributed by atoms with van der Waals surface area (Å²) in [5.74, 6) is -1.59. The van der Waals surface area contributed by atoms with E-state index in [1.54, 1.807) is 24.3 Å². The first-order chi connectivity index (χ1) is 11.0. The lowest BCUT2D eigenvalue weighted by atomic mass is 10.0. The molecule has 0 aliphatic carbocycles. The standard InChI is InChI=1S/C17H17FN2O3/c18-12-8-9-15(21)14(10-12)20-16(22)7-3-5-11-4-1-2-6-13(11)17(19)23/h1-2,4,6,8-10,21H,3,5,7H2,(H2,19,23)(H,20,22). The molecule has 5 nitrogen and oxygen atoms in total. The number of phenolic OH excluding ortho intramolecular Hbond substituents is 1. The Balaban J connectivity index is 1.90. The molecule has 0 fully saturated rings. The minimum Gasteiger partial charge on any atom is -0.506 e. The largest absolute Gasteiger partial charge is 0.506 e. The third-order valence-corrected chi connectivity index (χ3v) is 3.37. The number of primary amides is 1. The lowest BCUT2D eigenvalue weighted by Crippen LogP contribution is -2.15. The van der Waals surface area contributed by atoms with Crippen molar-refractivity contribution in [3.05, 3.63) is 59.4 Å². The summed E-state index contributed by atoms with van der Waals surface area (Å²) in [6.45, 7) is 0. The maximum Gasteiger partial charge on any atom is 0.248 e. The van der Waals surface area contributed by atoms with Crippen molar-refractivity contribution in [2.75, 3.05) is 5.32 Å². The second-order valence-corrected chi connectivity index (χ2v) is 5.08. The van der Waals surface area contributed by atoms with E-state index in [0.717, 1.165) is 17.7 Å². The number of benzene rings is 2. The summed E-state index contributed by atoms with van der Waals surface area (Å²) >= 11 is 0. The highest BCUT2D eigenvalue weighted by molar-refractivity contribution is 5.94. The number of nitrogens with one attached hydrogen (secondary N) is 1. The van der Waals surface area contributed by atoms with Gasteiger partial charge in [-0.15, -0.1) is 0 Å². The van der Waals surface area contributed by atoms with Gasteiger partial charge in [-0.25, -0.2) is 4.39 Å². The average Bonchev–Trinajstić information content (AvgIpc) is 2.51. The SMILES string of the molecule is NC(=O)c1ccccc1CCCC(=O)Nc1cc(F)ccc1O. The van der Waals surface area contributed by atoms with Crippen LogP contribution in [-0.4, -0.2) is 16.9 Å². The first-order valence-electron chi connectivity index (χ1n) is 7.13. The number of aromatic hydroxyl groups is 1. The van der Waals surface area contributed by atoms with E-state index < -0.39 is 11.7 Å². The van der Waals surface area contributed by atoms with Gasteiger partial charge in [0.15, 0.2) is 0 Å². The van der Waals surface area contributed by atoms with Crippen LogP contribution in [0.5, 0.6) is 5.75 Å². The molecule has 0 saturated heterocycles. The van der Waals surface area contributed by atoms with Gasteiger partial charge in [0, 0.05) is 18.1 Å². The first kappa shape index (κ1) is 16.5. The normalized spacial score (nSPS) is 10.3. The van der Waals surface area contributed by atoms with Crippen LogP contribution in [0.4, 0.5) is 10.1 Å². The molecule has 2 amide bonds. The second kappa shape index (κ2) is 7.40. The predicted octanol–water partition coefficient (Wildman–Crippen LogP) is 2.59. The van der Waals surface area contributed by atoms with Gasteiger partial charge >= 0.3 is 0 Å². The summed E-state index contributed by atoms with van der Waals surface area (Å²) in [5, 5.41) is 12.0. The third kappa shape index (κ3) is 4.54. The van der Waals surface area contributed by atoms with Crippen LogP contribution < -0.4 is 11.1 Å². The van der Waals surface area contributed by atoms with Crippen molar-refractivity contribution in [3.63, 3.8) is 0 Å². The van der Waals surface area contributed by atoms with Gasteiger partial charge in [-0.05, 0) is 36.6 Å². The van der Waals surface area contributed by atoms with Crippen molar-refractivity contribution < 1.29 is 19.1 Å². The molecule has 2 aromatic rings. The number of halogens is 1. The molecule has 2 aromatic carbocycles. The Bertz CT molecular complexity index is 732. The van der Waals surface area contributed by atoms with Gasteiger partial charge in [0.05, 0.1) is 5.69 Å². The molecule has 0 aliphatic rings. The van der Waals surface area contributed by atoms with Crippen molar-refractivity contribution in [1.29, 1.82) is 0 Å². The monoisotopic (exact) mass is 316 g/mol. The number of hydrogen-bond donors (Lipinski definition) is 3. The Morgan fingerprint density at radius 3 is 2.65 bits per heavy atom. The number of hydrogen-bond acceptors (Lipinski definition) is 3. The van der Waals surface area contributed by atoms with Crippen LogP contribution in [0.3, 0.4) is 0 Å². The molecule has 2 rings (SSSR count). The predicted molar refractivity (Wildman–Crippen MR) is 84.6 cm³/mol. The number of rotatable bonds is 6. The number of phenols is 1. The second-order valence-electron chi connectivity index (χ2n) is 5.08. The van der Waals surface area contributed by atoms with E-state index in [4.69, 9.17) is 5.73 Å². The highest BCUT2D eigenvalue weighted by Gasteiger charge is 2.10. The van der Waals surface area contributed by atoms with E-state index in [0.29, 0.717) is 18.4 Å². The summed E-state index contributed by atoms with van der Waals surface area (Å²) < 4.78 is 13.1. The van der Waals surface area contributed by atoms with Gasteiger partial charge in [-0.2, -0.15) is 0 Å². The molecular weight excluding hydrogens is 299 g/mol. The fourth-order valence-electron chi connectivity index (χ4n) is 2.24. The number of carbonyl (C=O) groups excluding carboxylic acids is 2. The Kier molecular flexibility index (Phi) is 5.30. The van der Waals surface area contributed by atoms with Crippen LogP contribution in [0.25, 0.3) is 0 Å². The van der Waals surface area contributed by atoms with Crippen LogP contribution in [-0.2, 0) is 11.2 Å². The van der Waals surface area contributed by atoms with Crippen molar-refractivity contribution in [3.8, 4) is 5.75 Å². The Labute approximate surface area is 132 Å². The van der Waals surface area contributed by atoms with Crippen LogP contribution in [0.2, 0.25) is 0 Å². The van der Waals surface area contributed by atoms with E-state index in [1.807, 2.05) is 0 Å². The summed E-state index contributed by atoms with van der Waals surface area (Å²) in [4.78, 5) is 23.2. The molecule has 0 bridgehead atoms. The van der Waals surface area contributed by atoms with Crippen LogP contribution in [0, 0.1) is 5.82 Å². The van der Waals surface area contributed by atoms with E-state index in [-0.39, 0.29) is 23.8 Å². The lowest BCUT2D eigenvalue weighted by molar-refractivity contribution is -0.116. The number of carbonyl (C=O) groups is 2. The van der Waals surface area contributed by atoms with Gasteiger partial charge in [0.1, 0.15) is 11.6 Å². The number of aryl methyl sites for hydroxylation is 1. The van der Waals surface area contributed by atoms with Crippen molar-refractivity contribution in [2.24, 2.45) is 5.73 Å². The third-order valence-electron chi connectivity index (χ3n) is 3.37. The van der Waals surface area contributed by atoms with Crippen LogP contribution in [0.15, 0.2) is 42.5 Å². The summed E-state index contributed by atoms with van der Waals surface area (Å²) in [6, 6.07) is 10.3. The zero-order valence-corrected chi connectivity index (χ0v) is 12.4. The van der Waals surface area contributed by atoms with E-state index >= 15 is 0 Å². The van der Waals surface area contributed by atoms with Gasteiger partial charge in [0.2, 0.25) is 11.8 Å². The van der Waals surface area contributed by atoms with Gasteiger partial charge in [-0.3, -0.25) is 9.59 Å². The van der Waals surface area contributed by atoms with Crippen molar-refractivity contribution in [2.45, 2.75) is 19.3 Å². The van der Waals surface area contributed by atoms with Crippen molar-refractivity contribution in [1.82, 2.24) is 0 Å². The maximum absolute atomic E-state index is 13.1. The molecule has 23 heavy (non-hydrogen) atoms. The van der Waals surface area contributed by atoms with E-state index in [9.17, 15) is 19.1 Å². The number of anilines is 1. The highest BCUT2D eigenvalue weighted by atomic mass is 19.1. The molecule has 0 unspecified atom stereocenters. The Morgan fingerprint density at radius 1 is 1.17 bits per heavy atom. The van der Waals surface area contributed by atoms with E-state index in [1.165, 1.54) is 6.07 Å². The van der Waals surface area contributed by atoms with Crippen LogP contribution in [0.1, 0.15) is 28.8 Å². The minimum atomic E-state index is -0.548. The number of amides is 2. The molecule has 4 N–H and O–H groups in total. The molecule has 0 atom stereocenters. The number of nitrogens with two attached hydrogens (primary N) is 1. The molecule has 0 aliphatic heterocycles. The maximum atomic E-state index is 13.1. The van der Waals surface area contributed by atoms with Gasteiger partial charge in [-0.1, -0.05) is 18.2 Å². The lowest BCUT2D eigenvalue weighted by Gasteiger charge is -2.08. The Morgan fingerprint density at radius 2 is 1.91 bits per heavy atom.